The molecule has 2 aromatic carbocycles. The minimum absolute atomic E-state index is 0.0508. The normalized spacial score (nSPS) is 19.8. The van der Waals surface area contributed by atoms with Crippen molar-refractivity contribution in [1.82, 2.24) is 10.2 Å². The molecule has 1 amide bonds. The summed E-state index contributed by atoms with van der Waals surface area (Å²) in [7, 11) is 1.67. The lowest BCUT2D eigenvalue weighted by atomic mass is 9.73. The lowest BCUT2D eigenvalue weighted by molar-refractivity contribution is -0.130. The van der Waals surface area contributed by atoms with Gasteiger partial charge in [0.2, 0.25) is 5.91 Å². The molecular weight excluding hydrogens is 428 g/mol. The third-order valence-electron chi connectivity index (χ3n) is 6.62. The molecule has 2 heterocycles. The largest absolute Gasteiger partial charge is 0.497 e. The first-order chi connectivity index (χ1) is 15.6. The minimum Gasteiger partial charge on any atom is -0.497 e. The number of halogens is 1. The second kappa shape index (κ2) is 10.7. The van der Waals surface area contributed by atoms with Crippen LogP contribution in [0.15, 0.2) is 48.5 Å². The second-order valence-corrected chi connectivity index (χ2v) is 8.79. The van der Waals surface area contributed by atoms with Gasteiger partial charge in [-0.2, -0.15) is 0 Å². The number of carbonyl (C=O) groups excluding carboxylic acids is 1. The predicted molar refractivity (Wildman–Crippen MR) is 124 cm³/mol. The van der Waals surface area contributed by atoms with E-state index < -0.39 is 5.41 Å². The number of rotatable bonds is 7. The molecule has 172 valence electrons. The number of benzene rings is 2. The van der Waals surface area contributed by atoms with Crippen molar-refractivity contribution in [3.8, 4) is 5.75 Å². The van der Waals surface area contributed by atoms with Gasteiger partial charge in [0.15, 0.2) is 0 Å². The van der Waals surface area contributed by atoms with Crippen LogP contribution in [0.25, 0.3) is 0 Å². The van der Waals surface area contributed by atoms with Gasteiger partial charge in [-0.3, -0.25) is 9.69 Å². The van der Waals surface area contributed by atoms with E-state index in [4.69, 9.17) is 25.8 Å². The molecule has 2 aromatic rings. The fourth-order valence-corrected chi connectivity index (χ4v) is 4.79. The fourth-order valence-electron chi connectivity index (χ4n) is 4.67. The van der Waals surface area contributed by atoms with Crippen LogP contribution in [-0.4, -0.2) is 64.0 Å². The summed E-state index contributed by atoms with van der Waals surface area (Å²) in [6.45, 7) is 4.75. The minimum atomic E-state index is -0.599. The molecule has 2 saturated heterocycles. The Morgan fingerprint density at radius 3 is 2.28 bits per heavy atom. The lowest BCUT2D eigenvalue weighted by Gasteiger charge is -2.38. The molecule has 2 fully saturated rings. The maximum Gasteiger partial charge on any atom is 0.230 e. The Kier molecular flexibility index (Phi) is 7.68. The Bertz CT molecular complexity index is 876. The van der Waals surface area contributed by atoms with E-state index in [2.05, 4.69) is 22.3 Å². The quantitative estimate of drug-likeness (QED) is 0.687. The van der Waals surface area contributed by atoms with Gasteiger partial charge < -0.3 is 19.5 Å². The second-order valence-electron chi connectivity index (χ2n) is 8.35. The van der Waals surface area contributed by atoms with Gasteiger partial charge >= 0.3 is 0 Å². The lowest BCUT2D eigenvalue weighted by Crippen LogP contribution is -2.51. The highest BCUT2D eigenvalue weighted by Gasteiger charge is 2.42. The zero-order valence-electron chi connectivity index (χ0n) is 18.5. The van der Waals surface area contributed by atoms with Crippen molar-refractivity contribution in [2.75, 3.05) is 53.2 Å². The van der Waals surface area contributed by atoms with Gasteiger partial charge in [-0.05, 0) is 48.2 Å². The van der Waals surface area contributed by atoms with E-state index in [9.17, 15) is 4.79 Å². The van der Waals surface area contributed by atoms with E-state index in [-0.39, 0.29) is 11.9 Å². The van der Waals surface area contributed by atoms with Gasteiger partial charge in [-0.1, -0.05) is 35.9 Å². The van der Waals surface area contributed by atoms with Crippen LogP contribution in [0, 0.1) is 0 Å². The molecule has 1 N–H and O–H groups in total. The Labute approximate surface area is 194 Å². The fraction of sp³-hybridized carbons (Fsp3) is 0.480. The molecule has 7 heteroatoms. The molecule has 0 saturated carbocycles. The highest BCUT2D eigenvalue weighted by Crippen LogP contribution is 2.36. The first-order valence-corrected chi connectivity index (χ1v) is 11.6. The molecular formula is C25H31ClN2O4. The van der Waals surface area contributed by atoms with E-state index in [0.29, 0.717) is 50.8 Å². The number of amides is 1. The van der Waals surface area contributed by atoms with Gasteiger partial charge in [0, 0.05) is 37.9 Å². The van der Waals surface area contributed by atoms with Crippen molar-refractivity contribution in [3.05, 3.63) is 64.7 Å². The SMILES string of the molecule is COc1ccc(C(CNC(=O)C2(c3ccc(Cl)cc3)CCOCC2)N2CCOCC2)cc1. The predicted octanol–water partition coefficient (Wildman–Crippen LogP) is 3.59. The number of nitrogens with one attached hydrogen (secondary N) is 1. The van der Waals surface area contributed by atoms with Crippen LogP contribution in [0.5, 0.6) is 5.75 Å². The summed E-state index contributed by atoms with van der Waals surface area (Å²) < 4.78 is 16.5. The van der Waals surface area contributed by atoms with Crippen molar-refractivity contribution in [1.29, 1.82) is 0 Å². The number of nitrogens with zero attached hydrogens (tertiary/aromatic N) is 1. The van der Waals surface area contributed by atoms with Crippen LogP contribution in [0.1, 0.15) is 30.0 Å². The maximum absolute atomic E-state index is 13.7. The molecule has 2 aliphatic heterocycles. The smallest absolute Gasteiger partial charge is 0.230 e. The van der Waals surface area contributed by atoms with Crippen molar-refractivity contribution in [2.45, 2.75) is 24.3 Å². The molecule has 1 atom stereocenters. The standard InChI is InChI=1S/C25H31ClN2O4/c1-30-22-8-2-19(3-9-22)23(28-12-16-32-17-13-28)18-27-24(29)25(10-14-31-15-11-25)20-4-6-21(26)7-5-20/h2-9,23H,10-18H2,1H3,(H,27,29). The van der Waals surface area contributed by atoms with E-state index >= 15 is 0 Å². The number of hydrogen-bond acceptors (Lipinski definition) is 5. The van der Waals surface area contributed by atoms with Crippen LogP contribution in [0.3, 0.4) is 0 Å². The molecule has 2 aliphatic rings. The summed E-state index contributed by atoms with van der Waals surface area (Å²) in [5, 5.41) is 3.96. The monoisotopic (exact) mass is 458 g/mol. The first kappa shape index (κ1) is 23.1. The summed E-state index contributed by atoms with van der Waals surface area (Å²) >= 11 is 6.10. The van der Waals surface area contributed by atoms with Crippen molar-refractivity contribution >= 4 is 17.5 Å². The van der Waals surface area contributed by atoms with Crippen molar-refractivity contribution in [2.24, 2.45) is 0 Å². The zero-order chi connectivity index (χ0) is 22.4. The molecule has 6 nitrogen and oxygen atoms in total. The highest BCUT2D eigenvalue weighted by atomic mass is 35.5. The van der Waals surface area contributed by atoms with Crippen LogP contribution in [-0.2, 0) is 19.7 Å². The van der Waals surface area contributed by atoms with Gasteiger partial charge in [-0.15, -0.1) is 0 Å². The molecule has 1 unspecified atom stereocenters. The summed E-state index contributed by atoms with van der Waals surface area (Å²) in [6, 6.07) is 15.8. The van der Waals surface area contributed by atoms with E-state index in [1.165, 1.54) is 0 Å². The van der Waals surface area contributed by atoms with Gasteiger partial charge in [0.1, 0.15) is 5.75 Å². The summed E-state index contributed by atoms with van der Waals surface area (Å²) in [6.07, 6.45) is 1.32. The number of carbonyl (C=O) groups is 1. The molecule has 0 radical (unpaired) electrons. The molecule has 0 aliphatic carbocycles. The third kappa shape index (κ3) is 5.09. The Balaban J connectivity index is 1.54. The molecule has 0 spiro atoms. The Hall–Kier alpha value is -2.12. The zero-order valence-corrected chi connectivity index (χ0v) is 19.3. The van der Waals surface area contributed by atoms with E-state index in [1.54, 1.807) is 7.11 Å². The molecule has 32 heavy (non-hydrogen) atoms. The average Bonchev–Trinajstić information content (AvgIpc) is 2.86. The van der Waals surface area contributed by atoms with Crippen LogP contribution in [0.4, 0.5) is 0 Å². The van der Waals surface area contributed by atoms with Crippen molar-refractivity contribution in [3.63, 3.8) is 0 Å². The van der Waals surface area contributed by atoms with E-state index in [1.807, 2.05) is 36.4 Å². The number of hydrogen-bond donors (Lipinski definition) is 1. The summed E-state index contributed by atoms with van der Waals surface area (Å²) in [4.78, 5) is 16.0. The number of morpholine rings is 1. The first-order valence-electron chi connectivity index (χ1n) is 11.2. The third-order valence-corrected chi connectivity index (χ3v) is 6.87. The van der Waals surface area contributed by atoms with E-state index in [0.717, 1.165) is 30.0 Å². The van der Waals surface area contributed by atoms with Crippen LogP contribution >= 0.6 is 11.6 Å². The average molecular weight is 459 g/mol. The highest BCUT2D eigenvalue weighted by molar-refractivity contribution is 6.30. The molecule has 4 rings (SSSR count). The molecule has 0 bridgehead atoms. The Morgan fingerprint density at radius 2 is 1.66 bits per heavy atom. The van der Waals surface area contributed by atoms with Gasteiger partial charge in [-0.25, -0.2) is 0 Å². The number of methoxy groups -OCH3 is 1. The molecule has 0 aromatic heterocycles. The maximum atomic E-state index is 13.7. The van der Waals surface area contributed by atoms with Gasteiger partial charge in [0.25, 0.3) is 0 Å². The van der Waals surface area contributed by atoms with Crippen LogP contribution in [0.2, 0.25) is 5.02 Å². The number of ether oxygens (including phenoxy) is 3. The van der Waals surface area contributed by atoms with Crippen LogP contribution < -0.4 is 10.1 Å². The van der Waals surface area contributed by atoms with Gasteiger partial charge in [0.05, 0.1) is 31.8 Å². The Morgan fingerprint density at radius 1 is 1.03 bits per heavy atom. The summed E-state index contributed by atoms with van der Waals surface area (Å²) in [5.74, 6) is 0.873. The summed E-state index contributed by atoms with van der Waals surface area (Å²) in [5.41, 5.74) is 1.55. The topological polar surface area (TPSA) is 60.0 Å². The van der Waals surface area contributed by atoms with Crippen molar-refractivity contribution < 1.29 is 19.0 Å².